The van der Waals surface area contributed by atoms with Crippen LogP contribution in [0.5, 0.6) is 11.5 Å². The highest BCUT2D eigenvalue weighted by Crippen LogP contribution is 2.30. The number of hydrogen-bond acceptors (Lipinski definition) is 5. The molecule has 0 bridgehead atoms. The number of ether oxygens (including phenoxy) is 3. The van der Waals surface area contributed by atoms with Crippen LogP contribution in [0.4, 0.5) is 4.79 Å². The average Bonchev–Trinajstić information content (AvgIpc) is 2.64. The van der Waals surface area contributed by atoms with Gasteiger partial charge in [-0.05, 0) is 63.6 Å². The Labute approximate surface area is 166 Å². The first-order chi connectivity index (χ1) is 13.2. The van der Waals surface area contributed by atoms with Crippen LogP contribution in [0.1, 0.15) is 45.6 Å². The molecule has 1 saturated heterocycles. The fourth-order valence-corrected chi connectivity index (χ4v) is 3.05. The standard InChI is InChI=1S/C21H31NO6/c1-21(2,3)28-20(25)22-11-9-16(10-12-22)14-27-17-7-5-15(6-8-19(23)24)13-18(17)26-4/h5,7,13,16H,6,8-12,14H2,1-4H3,(H,23,24). The first-order valence-corrected chi connectivity index (χ1v) is 9.67. The van der Waals surface area contributed by atoms with Crippen LogP contribution >= 0.6 is 0 Å². The summed E-state index contributed by atoms with van der Waals surface area (Å²) >= 11 is 0. The molecule has 1 N–H and O–H groups in total. The number of carboxylic acid groups (broad SMARTS) is 1. The molecule has 0 saturated carbocycles. The van der Waals surface area contributed by atoms with Crippen LogP contribution in [0.3, 0.4) is 0 Å². The number of aryl methyl sites for hydroxylation is 1. The van der Waals surface area contributed by atoms with Crippen LogP contribution in [0.2, 0.25) is 0 Å². The lowest BCUT2D eigenvalue weighted by Gasteiger charge is -2.33. The van der Waals surface area contributed by atoms with Gasteiger partial charge in [0.05, 0.1) is 13.7 Å². The molecule has 0 unspecified atom stereocenters. The quantitative estimate of drug-likeness (QED) is 0.760. The van der Waals surface area contributed by atoms with E-state index < -0.39 is 11.6 Å². The van der Waals surface area contributed by atoms with Crippen LogP contribution in [0, 0.1) is 5.92 Å². The molecule has 1 fully saturated rings. The monoisotopic (exact) mass is 393 g/mol. The van der Waals surface area contributed by atoms with E-state index in [0.29, 0.717) is 43.5 Å². The van der Waals surface area contributed by atoms with Crippen LogP contribution in [-0.4, -0.2) is 54.5 Å². The van der Waals surface area contributed by atoms with Gasteiger partial charge < -0.3 is 24.2 Å². The van der Waals surface area contributed by atoms with E-state index in [1.807, 2.05) is 39.0 Å². The Hall–Kier alpha value is -2.44. The summed E-state index contributed by atoms with van der Waals surface area (Å²) in [5, 5.41) is 8.80. The Morgan fingerprint density at radius 1 is 1.18 bits per heavy atom. The number of amides is 1. The van der Waals surface area contributed by atoms with Crippen molar-refractivity contribution >= 4 is 12.1 Å². The summed E-state index contributed by atoms with van der Waals surface area (Å²) in [4.78, 5) is 24.6. The Kier molecular flexibility index (Phi) is 7.54. The molecule has 1 aromatic carbocycles. The number of aliphatic carboxylic acids is 1. The number of carbonyl (C=O) groups is 2. The third kappa shape index (κ3) is 6.94. The zero-order valence-electron chi connectivity index (χ0n) is 17.2. The smallest absolute Gasteiger partial charge is 0.410 e. The lowest BCUT2D eigenvalue weighted by molar-refractivity contribution is -0.136. The lowest BCUT2D eigenvalue weighted by Crippen LogP contribution is -2.42. The number of benzene rings is 1. The molecule has 1 aliphatic heterocycles. The van der Waals surface area contributed by atoms with Crippen LogP contribution in [0.15, 0.2) is 18.2 Å². The van der Waals surface area contributed by atoms with Crippen molar-refractivity contribution in [2.45, 2.75) is 52.1 Å². The fraction of sp³-hybridized carbons (Fsp3) is 0.619. The summed E-state index contributed by atoms with van der Waals surface area (Å²) in [6, 6.07) is 5.52. The molecule has 2 rings (SSSR count). The largest absolute Gasteiger partial charge is 0.493 e. The molecule has 28 heavy (non-hydrogen) atoms. The molecule has 156 valence electrons. The Morgan fingerprint density at radius 2 is 1.86 bits per heavy atom. The maximum Gasteiger partial charge on any atom is 0.410 e. The molecule has 0 aliphatic carbocycles. The molecule has 1 aliphatic rings. The normalized spacial score (nSPS) is 15.2. The highest BCUT2D eigenvalue weighted by molar-refractivity contribution is 5.68. The highest BCUT2D eigenvalue weighted by atomic mass is 16.6. The minimum Gasteiger partial charge on any atom is -0.493 e. The molecule has 0 radical (unpaired) electrons. The Bertz CT molecular complexity index is 674. The molecule has 1 aromatic rings. The van der Waals surface area contributed by atoms with Crippen LogP contribution < -0.4 is 9.47 Å². The van der Waals surface area contributed by atoms with Crippen molar-refractivity contribution in [1.29, 1.82) is 0 Å². The molecule has 0 atom stereocenters. The number of carboxylic acids is 1. The first-order valence-electron chi connectivity index (χ1n) is 9.67. The van der Waals surface area contributed by atoms with Gasteiger partial charge in [-0.3, -0.25) is 4.79 Å². The van der Waals surface area contributed by atoms with Crippen molar-refractivity contribution in [3.8, 4) is 11.5 Å². The van der Waals surface area contributed by atoms with E-state index in [1.165, 1.54) is 0 Å². The van der Waals surface area contributed by atoms with Crippen molar-refractivity contribution in [3.63, 3.8) is 0 Å². The molecule has 0 spiro atoms. The maximum atomic E-state index is 12.1. The first kappa shape index (κ1) is 21.9. The minimum atomic E-state index is -0.822. The van der Waals surface area contributed by atoms with Gasteiger partial charge in [-0.1, -0.05) is 6.07 Å². The van der Waals surface area contributed by atoms with Gasteiger partial charge in [-0.15, -0.1) is 0 Å². The third-order valence-corrected chi connectivity index (χ3v) is 4.60. The van der Waals surface area contributed by atoms with E-state index in [4.69, 9.17) is 19.3 Å². The summed E-state index contributed by atoms with van der Waals surface area (Å²) in [5.74, 6) is 0.789. The molecule has 0 aromatic heterocycles. The second kappa shape index (κ2) is 9.66. The number of methoxy groups -OCH3 is 1. The van der Waals surface area contributed by atoms with Gasteiger partial charge in [-0.2, -0.15) is 0 Å². The van der Waals surface area contributed by atoms with E-state index in [0.717, 1.165) is 18.4 Å². The zero-order valence-corrected chi connectivity index (χ0v) is 17.2. The SMILES string of the molecule is COc1cc(CCC(=O)O)ccc1OCC1CCN(C(=O)OC(C)(C)C)CC1. The number of likely N-dealkylation sites (tertiary alicyclic amines) is 1. The summed E-state index contributed by atoms with van der Waals surface area (Å²) < 4.78 is 16.8. The fourth-order valence-electron chi connectivity index (χ4n) is 3.05. The average molecular weight is 393 g/mol. The number of hydrogen-bond donors (Lipinski definition) is 1. The van der Waals surface area contributed by atoms with Crippen molar-refractivity contribution < 1.29 is 28.9 Å². The summed E-state index contributed by atoms with van der Waals surface area (Å²) in [6.45, 7) is 7.47. The second-order valence-corrected chi connectivity index (χ2v) is 8.10. The van der Waals surface area contributed by atoms with Gasteiger partial charge in [0.2, 0.25) is 0 Å². The van der Waals surface area contributed by atoms with Crippen LogP contribution in [0.25, 0.3) is 0 Å². The van der Waals surface area contributed by atoms with Gasteiger partial charge in [0.25, 0.3) is 0 Å². The highest BCUT2D eigenvalue weighted by Gasteiger charge is 2.27. The molecular formula is C21H31NO6. The molecule has 7 nitrogen and oxygen atoms in total. The van der Waals surface area contributed by atoms with E-state index >= 15 is 0 Å². The summed E-state index contributed by atoms with van der Waals surface area (Å²) in [7, 11) is 1.57. The van der Waals surface area contributed by atoms with Crippen molar-refractivity contribution in [2.24, 2.45) is 5.92 Å². The Balaban J connectivity index is 1.83. The summed E-state index contributed by atoms with van der Waals surface area (Å²) in [5.41, 5.74) is 0.418. The van der Waals surface area contributed by atoms with Gasteiger partial charge in [0.1, 0.15) is 5.60 Å². The number of piperidine rings is 1. The summed E-state index contributed by atoms with van der Waals surface area (Å²) in [6.07, 6.45) is 2.00. The van der Waals surface area contributed by atoms with Crippen molar-refractivity contribution in [3.05, 3.63) is 23.8 Å². The van der Waals surface area contributed by atoms with E-state index in [9.17, 15) is 9.59 Å². The van der Waals surface area contributed by atoms with E-state index in [2.05, 4.69) is 0 Å². The van der Waals surface area contributed by atoms with Crippen LogP contribution in [-0.2, 0) is 16.0 Å². The molecule has 1 amide bonds. The topological polar surface area (TPSA) is 85.3 Å². The number of nitrogens with zero attached hydrogens (tertiary/aromatic N) is 1. The zero-order chi connectivity index (χ0) is 20.7. The van der Waals surface area contributed by atoms with Gasteiger partial charge in [-0.25, -0.2) is 4.79 Å². The van der Waals surface area contributed by atoms with E-state index in [-0.39, 0.29) is 12.5 Å². The third-order valence-electron chi connectivity index (χ3n) is 4.60. The second-order valence-electron chi connectivity index (χ2n) is 8.10. The maximum absolute atomic E-state index is 12.1. The predicted molar refractivity (Wildman–Crippen MR) is 105 cm³/mol. The molecule has 1 heterocycles. The van der Waals surface area contributed by atoms with Gasteiger partial charge in [0.15, 0.2) is 11.5 Å². The molecular weight excluding hydrogens is 362 g/mol. The minimum absolute atomic E-state index is 0.0829. The van der Waals surface area contributed by atoms with Crippen molar-refractivity contribution in [1.82, 2.24) is 4.90 Å². The number of rotatable bonds is 7. The van der Waals surface area contributed by atoms with Crippen molar-refractivity contribution in [2.75, 3.05) is 26.8 Å². The van der Waals surface area contributed by atoms with E-state index in [1.54, 1.807) is 12.0 Å². The molecule has 7 heteroatoms. The Morgan fingerprint density at radius 3 is 2.43 bits per heavy atom. The predicted octanol–water partition coefficient (Wildman–Crippen LogP) is 3.74. The number of carbonyl (C=O) groups excluding carboxylic acids is 1. The lowest BCUT2D eigenvalue weighted by atomic mass is 9.98. The van der Waals surface area contributed by atoms with Gasteiger partial charge >= 0.3 is 12.1 Å². The van der Waals surface area contributed by atoms with Gasteiger partial charge in [0, 0.05) is 19.5 Å².